The zero-order valence-electron chi connectivity index (χ0n) is 12.0. The van der Waals surface area contributed by atoms with Crippen molar-refractivity contribution in [2.75, 3.05) is 5.88 Å². The number of alkyl halides is 1. The number of rotatable bonds is 10. The molecule has 1 unspecified atom stereocenters. The van der Waals surface area contributed by atoms with Crippen LogP contribution < -0.4 is 0 Å². The molecule has 0 fully saturated rings. The van der Waals surface area contributed by atoms with Crippen molar-refractivity contribution in [1.82, 2.24) is 0 Å². The maximum atomic E-state index is 6.21. The first-order chi connectivity index (χ1) is 7.99. The topological polar surface area (TPSA) is 9.23 Å². The van der Waals surface area contributed by atoms with Crippen molar-refractivity contribution in [1.29, 1.82) is 0 Å². The summed E-state index contributed by atoms with van der Waals surface area (Å²) in [6.07, 6.45) is 12.1. The molecule has 1 nitrogen and oxygen atoms in total. The highest BCUT2D eigenvalue weighted by molar-refractivity contribution is 6.69. The average Bonchev–Trinajstić information content (AvgIpc) is 2.22. The van der Waals surface area contributed by atoms with Crippen molar-refractivity contribution in [3.05, 3.63) is 12.2 Å². The van der Waals surface area contributed by atoms with Crippen LogP contribution >= 0.6 is 11.6 Å². The summed E-state index contributed by atoms with van der Waals surface area (Å²) in [4.78, 5) is 0. The van der Waals surface area contributed by atoms with Gasteiger partial charge in [-0.25, -0.2) is 0 Å². The summed E-state index contributed by atoms with van der Waals surface area (Å²) in [7, 11) is -1.42. The van der Waals surface area contributed by atoms with Crippen molar-refractivity contribution < 1.29 is 4.43 Å². The zero-order valence-corrected chi connectivity index (χ0v) is 13.7. The first-order valence-corrected chi connectivity index (χ1v) is 10.8. The summed E-state index contributed by atoms with van der Waals surface area (Å²) in [5.74, 6) is 0.607. The lowest BCUT2D eigenvalue weighted by Gasteiger charge is -2.25. The molecule has 0 aromatic carbocycles. The standard InChI is InChI=1S/C14H29ClOSi/c1-5-6-7-8-11-14(12-9-10-13-15)16-17(2,3)4/h9-10,14H,5-8,11-13H2,1-4H3. The van der Waals surface area contributed by atoms with E-state index in [9.17, 15) is 0 Å². The quantitative estimate of drug-likeness (QED) is 0.226. The fourth-order valence-corrected chi connectivity index (χ4v) is 3.17. The van der Waals surface area contributed by atoms with Gasteiger partial charge >= 0.3 is 0 Å². The van der Waals surface area contributed by atoms with Gasteiger partial charge < -0.3 is 4.43 Å². The van der Waals surface area contributed by atoms with Gasteiger partial charge in [-0.05, 0) is 32.5 Å². The largest absolute Gasteiger partial charge is 0.414 e. The predicted molar refractivity (Wildman–Crippen MR) is 81.5 cm³/mol. The number of unbranched alkanes of at least 4 members (excludes halogenated alkanes) is 3. The molecule has 3 heteroatoms. The van der Waals surface area contributed by atoms with E-state index >= 15 is 0 Å². The van der Waals surface area contributed by atoms with Crippen molar-refractivity contribution in [3.63, 3.8) is 0 Å². The van der Waals surface area contributed by atoms with Crippen molar-refractivity contribution in [3.8, 4) is 0 Å². The summed E-state index contributed by atoms with van der Waals surface area (Å²) in [6, 6.07) is 0. The summed E-state index contributed by atoms with van der Waals surface area (Å²) in [5, 5.41) is 0. The van der Waals surface area contributed by atoms with Crippen LogP contribution in [0, 0.1) is 0 Å². The van der Waals surface area contributed by atoms with Gasteiger partial charge in [0.25, 0.3) is 0 Å². The van der Waals surface area contributed by atoms with Gasteiger partial charge in [0.05, 0.1) is 0 Å². The molecule has 0 aliphatic carbocycles. The lowest BCUT2D eigenvalue weighted by Crippen LogP contribution is -2.31. The van der Waals surface area contributed by atoms with E-state index in [1.165, 1.54) is 32.1 Å². The van der Waals surface area contributed by atoms with Gasteiger partial charge in [-0.3, -0.25) is 0 Å². The van der Waals surface area contributed by atoms with Crippen LogP contribution in [-0.4, -0.2) is 20.3 Å². The molecular formula is C14H29ClOSi. The lowest BCUT2D eigenvalue weighted by atomic mass is 10.1. The Kier molecular flexibility index (Phi) is 10.3. The molecule has 0 heterocycles. The van der Waals surface area contributed by atoms with Crippen LogP contribution in [0.5, 0.6) is 0 Å². The Morgan fingerprint density at radius 2 is 1.82 bits per heavy atom. The third-order valence-electron chi connectivity index (χ3n) is 2.55. The van der Waals surface area contributed by atoms with Gasteiger partial charge in [0.2, 0.25) is 0 Å². The second-order valence-corrected chi connectivity index (χ2v) is 10.3. The van der Waals surface area contributed by atoms with E-state index < -0.39 is 8.32 Å². The predicted octanol–water partition coefficient (Wildman–Crippen LogP) is 5.36. The molecule has 0 amide bonds. The Hall–Kier alpha value is 0.207. The van der Waals surface area contributed by atoms with Gasteiger partial charge in [0, 0.05) is 12.0 Å². The molecule has 102 valence electrons. The van der Waals surface area contributed by atoms with Crippen molar-refractivity contribution >= 4 is 19.9 Å². The summed E-state index contributed by atoms with van der Waals surface area (Å²) in [6.45, 7) is 9.03. The molecule has 0 aromatic heterocycles. The third-order valence-corrected chi connectivity index (χ3v) is 3.77. The molecule has 0 N–H and O–H groups in total. The Morgan fingerprint density at radius 1 is 1.12 bits per heavy atom. The second kappa shape index (κ2) is 10.2. The van der Waals surface area contributed by atoms with E-state index in [-0.39, 0.29) is 0 Å². The highest BCUT2D eigenvalue weighted by Gasteiger charge is 2.19. The van der Waals surface area contributed by atoms with Crippen LogP contribution in [-0.2, 0) is 4.43 Å². The molecule has 1 atom stereocenters. The fraction of sp³-hybridized carbons (Fsp3) is 0.857. The van der Waals surface area contributed by atoms with E-state index in [2.05, 4.69) is 32.6 Å². The van der Waals surface area contributed by atoms with E-state index in [1.54, 1.807) is 0 Å². The monoisotopic (exact) mass is 276 g/mol. The maximum Gasteiger partial charge on any atom is 0.184 e. The molecule has 0 radical (unpaired) electrons. The molecule has 17 heavy (non-hydrogen) atoms. The Balaban J connectivity index is 3.97. The van der Waals surface area contributed by atoms with E-state index in [0.717, 1.165) is 6.42 Å². The van der Waals surface area contributed by atoms with Crippen LogP contribution in [0.15, 0.2) is 12.2 Å². The number of halogens is 1. The molecule has 0 saturated heterocycles. The van der Waals surface area contributed by atoms with Gasteiger partial charge in [0.15, 0.2) is 8.32 Å². The summed E-state index contributed by atoms with van der Waals surface area (Å²) < 4.78 is 6.21. The summed E-state index contributed by atoms with van der Waals surface area (Å²) >= 11 is 5.64. The van der Waals surface area contributed by atoms with E-state index in [4.69, 9.17) is 16.0 Å². The highest BCUT2D eigenvalue weighted by atomic mass is 35.5. The lowest BCUT2D eigenvalue weighted by molar-refractivity contribution is 0.182. The number of allylic oxidation sites excluding steroid dienone is 1. The van der Waals surface area contributed by atoms with Gasteiger partial charge in [-0.15, -0.1) is 11.6 Å². The third kappa shape index (κ3) is 12.5. The van der Waals surface area contributed by atoms with Crippen LogP contribution in [0.1, 0.15) is 45.4 Å². The highest BCUT2D eigenvalue weighted by Crippen LogP contribution is 2.17. The van der Waals surface area contributed by atoms with E-state index in [0.29, 0.717) is 12.0 Å². The zero-order chi connectivity index (χ0) is 13.1. The molecule has 0 aliphatic heterocycles. The first-order valence-electron chi connectivity index (χ1n) is 6.88. The Morgan fingerprint density at radius 3 is 2.35 bits per heavy atom. The normalized spacial score (nSPS) is 14.4. The van der Waals surface area contributed by atoms with Crippen LogP contribution in [0.4, 0.5) is 0 Å². The number of hydrogen-bond donors (Lipinski definition) is 0. The summed E-state index contributed by atoms with van der Waals surface area (Å²) in [5.41, 5.74) is 0. The second-order valence-electron chi connectivity index (χ2n) is 5.56. The van der Waals surface area contributed by atoms with Gasteiger partial charge in [-0.1, -0.05) is 44.8 Å². The van der Waals surface area contributed by atoms with Crippen molar-refractivity contribution in [2.24, 2.45) is 0 Å². The van der Waals surface area contributed by atoms with Crippen molar-refractivity contribution in [2.45, 2.75) is 71.2 Å². The average molecular weight is 277 g/mol. The smallest absolute Gasteiger partial charge is 0.184 e. The molecule has 0 spiro atoms. The molecule has 0 bridgehead atoms. The van der Waals surface area contributed by atoms with Crippen LogP contribution in [0.3, 0.4) is 0 Å². The number of hydrogen-bond acceptors (Lipinski definition) is 1. The molecule has 0 aromatic rings. The Labute approximate surface area is 114 Å². The maximum absolute atomic E-state index is 6.21. The fourth-order valence-electron chi connectivity index (χ4n) is 1.83. The molecule has 0 saturated carbocycles. The SMILES string of the molecule is CCCCCCC(CC=CCCl)O[Si](C)(C)C. The first kappa shape index (κ1) is 17.2. The van der Waals surface area contributed by atoms with Crippen LogP contribution in [0.2, 0.25) is 19.6 Å². The molecule has 0 rings (SSSR count). The minimum absolute atomic E-state index is 0.401. The minimum Gasteiger partial charge on any atom is -0.414 e. The minimum atomic E-state index is -1.42. The van der Waals surface area contributed by atoms with Crippen LogP contribution in [0.25, 0.3) is 0 Å². The molecular weight excluding hydrogens is 248 g/mol. The van der Waals surface area contributed by atoms with E-state index in [1.807, 2.05) is 6.08 Å². The van der Waals surface area contributed by atoms with Gasteiger partial charge in [0.1, 0.15) is 0 Å². The van der Waals surface area contributed by atoms with Gasteiger partial charge in [-0.2, -0.15) is 0 Å². The molecule has 0 aliphatic rings. The Bertz CT molecular complexity index is 199.